The number of rotatable bonds is 4. The van der Waals surface area contributed by atoms with E-state index in [-0.39, 0.29) is 17.7 Å². The average molecular weight is 276 g/mol. The van der Waals surface area contributed by atoms with E-state index in [2.05, 4.69) is 10.4 Å². The minimum atomic E-state index is 0.0595. The van der Waals surface area contributed by atoms with Crippen molar-refractivity contribution in [1.29, 1.82) is 0 Å². The molecule has 2 heterocycles. The number of carbonyl (C=O) groups excluding carboxylic acids is 1. The first-order valence-electron chi connectivity index (χ1n) is 7.59. The minimum Gasteiger partial charge on any atom is -0.345 e. The highest BCUT2D eigenvalue weighted by molar-refractivity contribution is 5.80. The van der Waals surface area contributed by atoms with E-state index < -0.39 is 0 Å². The maximum absolute atomic E-state index is 12.7. The molecule has 1 saturated carbocycles. The van der Waals surface area contributed by atoms with Gasteiger partial charge in [0.2, 0.25) is 5.91 Å². The molecule has 1 aromatic rings. The van der Waals surface area contributed by atoms with Crippen molar-refractivity contribution >= 4 is 5.91 Å². The van der Waals surface area contributed by atoms with Crippen molar-refractivity contribution in [2.75, 3.05) is 26.7 Å². The fourth-order valence-electron chi connectivity index (χ4n) is 3.36. The summed E-state index contributed by atoms with van der Waals surface area (Å²) in [6, 6.07) is 0. The second-order valence-electron chi connectivity index (χ2n) is 6.33. The number of carbonyl (C=O) groups is 1. The first-order valence-corrected chi connectivity index (χ1v) is 7.59. The van der Waals surface area contributed by atoms with E-state index in [1.165, 1.54) is 24.8 Å². The van der Waals surface area contributed by atoms with Gasteiger partial charge in [0, 0.05) is 45.8 Å². The SMILES string of the molecule is CN(CC1CCC1)C(=O)[C@H]1CNC[C@@H]1c1cnn(C)c1. The van der Waals surface area contributed by atoms with Gasteiger partial charge >= 0.3 is 0 Å². The number of nitrogens with one attached hydrogen (secondary N) is 1. The molecule has 0 radical (unpaired) electrons. The zero-order valence-electron chi connectivity index (χ0n) is 12.4. The molecule has 2 aliphatic rings. The molecule has 1 amide bonds. The highest BCUT2D eigenvalue weighted by Gasteiger charge is 2.36. The van der Waals surface area contributed by atoms with E-state index in [0.717, 1.165) is 25.6 Å². The molecule has 110 valence electrons. The first-order chi connectivity index (χ1) is 9.65. The van der Waals surface area contributed by atoms with Gasteiger partial charge in [0.1, 0.15) is 0 Å². The molecule has 0 unspecified atom stereocenters. The van der Waals surface area contributed by atoms with Crippen LogP contribution >= 0.6 is 0 Å². The summed E-state index contributed by atoms with van der Waals surface area (Å²) < 4.78 is 1.81. The third-order valence-electron chi connectivity index (χ3n) is 4.82. The van der Waals surface area contributed by atoms with E-state index in [1.807, 2.05) is 36.1 Å². The lowest BCUT2D eigenvalue weighted by atomic mass is 9.84. The Morgan fingerprint density at radius 1 is 1.50 bits per heavy atom. The van der Waals surface area contributed by atoms with Gasteiger partial charge in [-0.25, -0.2) is 0 Å². The average Bonchev–Trinajstić information content (AvgIpc) is 3.00. The van der Waals surface area contributed by atoms with E-state index >= 15 is 0 Å². The van der Waals surface area contributed by atoms with Crippen LogP contribution in [0.15, 0.2) is 12.4 Å². The maximum atomic E-state index is 12.7. The molecule has 1 N–H and O–H groups in total. The summed E-state index contributed by atoms with van der Waals surface area (Å²) in [5.41, 5.74) is 1.17. The van der Waals surface area contributed by atoms with Crippen molar-refractivity contribution < 1.29 is 4.79 Å². The van der Waals surface area contributed by atoms with Crippen molar-refractivity contribution in [2.24, 2.45) is 18.9 Å². The van der Waals surface area contributed by atoms with Crippen LogP contribution in [0.25, 0.3) is 0 Å². The smallest absolute Gasteiger partial charge is 0.227 e. The monoisotopic (exact) mass is 276 g/mol. The quantitative estimate of drug-likeness (QED) is 0.892. The maximum Gasteiger partial charge on any atom is 0.227 e. The minimum absolute atomic E-state index is 0.0595. The number of hydrogen-bond donors (Lipinski definition) is 1. The Labute approximate surface area is 120 Å². The topological polar surface area (TPSA) is 50.2 Å². The van der Waals surface area contributed by atoms with Gasteiger partial charge in [0.05, 0.1) is 12.1 Å². The molecular formula is C15H24N4O. The van der Waals surface area contributed by atoms with Gasteiger partial charge in [0.15, 0.2) is 0 Å². The van der Waals surface area contributed by atoms with Crippen LogP contribution in [-0.4, -0.2) is 47.3 Å². The van der Waals surface area contributed by atoms with Crippen molar-refractivity contribution in [2.45, 2.75) is 25.2 Å². The Kier molecular flexibility index (Phi) is 3.78. The van der Waals surface area contributed by atoms with Gasteiger partial charge in [-0.05, 0) is 24.3 Å². The first kappa shape index (κ1) is 13.6. The summed E-state index contributed by atoms with van der Waals surface area (Å²) in [4.78, 5) is 14.6. The molecule has 2 fully saturated rings. The Bertz CT molecular complexity index is 480. The number of hydrogen-bond acceptors (Lipinski definition) is 3. The fourth-order valence-corrected chi connectivity index (χ4v) is 3.36. The van der Waals surface area contributed by atoms with Gasteiger partial charge in [-0.15, -0.1) is 0 Å². The molecule has 1 aromatic heterocycles. The van der Waals surface area contributed by atoms with Crippen LogP contribution in [-0.2, 0) is 11.8 Å². The predicted molar refractivity (Wildman–Crippen MR) is 77.3 cm³/mol. The lowest BCUT2D eigenvalue weighted by molar-refractivity contribution is -0.135. The summed E-state index contributed by atoms with van der Waals surface area (Å²) in [6.45, 7) is 2.59. The van der Waals surface area contributed by atoms with Crippen LogP contribution < -0.4 is 5.32 Å². The van der Waals surface area contributed by atoms with Gasteiger partial charge < -0.3 is 10.2 Å². The van der Waals surface area contributed by atoms with E-state index in [4.69, 9.17) is 0 Å². The van der Waals surface area contributed by atoms with E-state index in [0.29, 0.717) is 0 Å². The molecule has 0 bridgehead atoms. The van der Waals surface area contributed by atoms with Crippen LogP contribution in [0.3, 0.4) is 0 Å². The second-order valence-corrected chi connectivity index (χ2v) is 6.33. The Morgan fingerprint density at radius 3 is 2.90 bits per heavy atom. The number of nitrogens with zero attached hydrogens (tertiary/aromatic N) is 3. The molecule has 5 heteroatoms. The van der Waals surface area contributed by atoms with Crippen LogP contribution in [0.2, 0.25) is 0 Å². The zero-order valence-corrected chi connectivity index (χ0v) is 12.4. The van der Waals surface area contributed by atoms with Crippen molar-refractivity contribution in [1.82, 2.24) is 20.0 Å². The Hall–Kier alpha value is -1.36. The highest BCUT2D eigenvalue weighted by atomic mass is 16.2. The van der Waals surface area contributed by atoms with Crippen LogP contribution in [0.5, 0.6) is 0 Å². The van der Waals surface area contributed by atoms with Gasteiger partial charge in [-0.2, -0.15) is 5.10 Å². The lowest BCUT2D eigenvalue weighted by Crippen LogP contribution is -2.40. The third kappa shape index (κ3) is 2.59. The predicted octanol–water partition coefficient (Wildman–Crippen LogP) is 0.982. The number of amides is 1. The fraction of sp³-hybridized carbons (Fsp3) is 0.733. The number of aromatic nitrogens is 2. The molecule has 1 saturated heterocycles. The highest BCUT2D eigenvalue weighted by Crippen LogP contribution is 2.31. The Balaban J connectivity index is 1.66. The summed E-state index contributed by atoms with van der Waals surface area (Å²) in [7, 11) is 3.88. The van der Waals surface area contributed by atoms with Crippen LogP contribution in [0, 0.1) is 11.8 Å². The van der Waals surface area contributed by atoms with Crippen LogP contribution in [0.4, 0.5) is 0 Å². The van der Waals surface area contributed by atoms with E-state index in [9.17, 15) is 4.79 Å². The molecule has 2 atom stereocenters. The molecule has 5 nitrogen and oxygen atoms in total. The standard InChI is InChI=1S/C15H24N4O/c1-18(9-11-4-3-5-11)15(20)14-8-16-7-13(14)12-6-17-19(2)10-12/h6,10-11,13-14,16H,3-5,7-9H2,1-2H3/t13-,14+/m1/s1. The van der Waals surface area contributed by atoms with E-state index in [1.54, 1.807) is 0 Å². The van der Waals surface area contributed by atoms with Crippen molar-refractivity contribution in [3.8, 4) is 0 Å². The molecule has 3 rings (SSSR count). The summed E-state index contributed by atoms with van der Waals surface area (Å²) >= 11 is 0. The zero-order chi connectivity index (χ0) is 14.1. The summed E-state index contributed by atoms with van der Waals surface area (Å²) in [5, 5.41) is 7.60. The van der Waals surface area contributed by atoms with Gasteiger partial charge in [0.25, 0.3) is 0 Å². The summed E-state index contributed by atoms with van der Waals surface area (Å²) in [5.74, 6) is 1.34. The number of aryl methyl sites for hydroxylation is 1. The van der Waals surface area contributed by atoms with Crippen molar-refractivity contribution in [3.05, 3.63) is 18.0 Å². The second kappa shape index (κ2) is 5.56. The Morgan fingerprint density at radius 2 is 2.30 bits per heavy atom. The lowest BCUT2D eigenvalue weighted by Gasteiger charge is -2.32. The van der Waals surface area contributed by atoms with Crippen molar-refractivity contribution in [3.63, 3.8) is 0 Å². The molecule has 1 aliphatic carbocycles. The van der Waals surface area contributed by atoms with Gasteiger partial charge in [-0.3, -0.25) is 9.48 Å². The molecule has 20 heavy (non-hydrogen) atoms. The largest absolute Gasteiger partial charge is 0.345 e. The van der Waals surface area contributed by atoms with Crippen LogP contribution in [0.1, 0.15) is 30.7 Å². The molecular weight excluding hydrogens is 252 g/mol. The third-order valence-corrected chi connectivity index (χ3v) is 4.82. The summed E-state index contributed by atoms with van der Waals surface area (Å²) in [6.07, 6.45) is 7.82. The molecule has 0 aromatic carbocycles. The molecule has 1 aliphatic heterocycles. The van der Waals surface area contributed by atoms with Gasteiger partial charge in [-0.1, -0.05) is 6.42 Å². The normalized spacial score (nSPS) is 26.5. The molecule has 0 spiro atoms.